The minimum atomic E-state index is -5.50. The third-order valence-corrected chi connectivity index (χ3v) is 11.3. The van der Waals surface area contributed by atoms with Crippen LogP contribution in [-0.2, 0) is 72.8 Å². The summed E-state index contributed by atoms with van der Waals surface area (Å²) in [5.41, 5.74) is -1.51. The van der Waals surface area contributed by atoms with Crippen molar-refractivity contribution in [3.63, 3.8) is 0 Å². The normalized spacial score (nSPS) is 9.55. The molecule has 88 heavy (non-hydrogen) atoms. The molecule has 0 aliphatic carbocycles. The van der Waals surface area contributed by atoms with Gasteiger partial charge in [0.25, 0.3) is 23.6 Å². The van der Waals surface area contributed by atoms with Crippen LogP contribution in [0.15, 0.2) is 124 Å². The molecule has 6 aromatic carbocycles. The molecule has 46 heteroatoms. The number of urea groups is 1. The van der Waals surface area contributed by atoms with E-state index in [2.05, 4.69) is 56.2 Å². The van der Waals surface area contributed by atoms with Crippen molar-refractivity contribution >= 4 is 137 Å². The molecule has 6 aromatic rings. The van der Waals surface area contributed by atoms with Crippen molar-refractivity contribution < 1.29 is 320 Å². The Morgan fingerprint density at radius 1 is 0.386 bits per heavy atom. The van der Waals surface area contributed by atoms with Gasteiger partial charge in [0.2, 0.25) is 0 Å². The zero-order chi connectivity index (χ0) is 61.6. The van der Waals surface area contributed by atoms with Gasteiger partial charge in [-0.05, 0) is 85.3 Å². The Labute approximate surface area is 661 Å². The smallest absolute Gasteiger partial charge is 0.744 e. The number of carbonyl (C=O) groups is 5. The first kappa shape index (κ1) is 96.8. The van der Waals surface area contributed by atoms with Crippen LogP contribution in [0.3, 0.4) is 0 Å². The summed E-state index contributed by atoms with van der Waals surface area (Å²) in [4.78, 5) is 64.7. The molecule has 0 bridgehead atoms. The summed E-state index contributed by atoms with van der Waals surface area (Å²) < 4.78 is 207. The topological polar surface area (TPSA) is 534 Å². The Morgan fingerprint density at radius 2 is 0.682 bits per heavy atom. The summed E-state index contributed by atoms with van der Waals surface area (Å²) in [6, 6.07) is 30.1. The second kappa shape index (κ2) is 46.7. The van der Waals surface area contributed by atoms with Gasteiger partial charge in [-0.25, -0.2) is 30.0 Å². The van der Waals surface area contributed by atoms with E-state index in [1.54, 1.807) is 0 Å². The second-order valence-corrected chi connectivity index (χ2v) is 20.0. The van der Waals surface area contributed by atoms with E-state index < -0.39 is 128 Å². The summed E-state index contributed by atoms with van der Waals surface area (Å²) in [6.45, 7) is 1.43. The summed E-state index contributed by atoms with van der Waals surface area (Å²) in [5.74, 6) is -3.63. The van der Waals surface area contributed by atoms with E-state index in [4.69, 9.17) is 50.5 Å². The van der Waals surface area contributed by atoms with Crippen molar-refractivity contribution in [1.82, 2.24) is 0 Å². The van der Waals surface area contributed by atoms with Crippen molar-refractivity contribution in [3.8, 4) is 0 Å². The fourth-order valence-corrected chi connectivity index (χ4v) is 7.53. The minimum absolute atomic E-state index is 0. The van der Waals surface area contributed by atoms with Gasteiger partial charge in [-0.3, -0.25) is 43.4 Å². The first-order valence-electron chi connectivity index (χ1n) is 20.0. The first-order chi connectivity index (χ1) is 37.5. The molecule has 0 radical (unpaired) electrons. The molecule has 6 N–H and O–H groups in total. The molecule has 0 aromatic heterocycles. The van der Waals surface area contributed by atoms with E-state index in [9.17, 15) is 62.9 Å². The van der Waals surface area contributed by atoms with E-state index in [1.165, 1.54) is 67.6 Å². The summed E-state index contributed by atoms with van der Waals surface area (Å²) >= 11 is 0. The number of hydrogen-bond donors (Lipinski definition) is 6. The average molecular weight is 1420 g/mol. The zero-order valence-electron chi connectivity index (χ0n) is 46.4. The largest absolute Gasteiger partial charge is 1.00 e. The van der Waals surface area contributed by atoms with Gasteiger partial charge < -0.3 is 82.0 Å². The van der Waals surface area contributed by atoms with Gasteiger partial charge in [0.05, 0.1) is 20.4 Å². The van der Waals surface area contributed by atoms with Crippen LogP contribution in [0.25, 0.3) is 0 Å². The third kappa shape index (κ3) is 38.6. The summed E-state index contributed by atoms with van der Waals surface area (Å²) in [5, 5.41) is 14.6. The molecular formula is C42H27N6Na7O26S7. The Bertz CT molecular complexity index is 4130. The van der Waals surface area contributed by atoms with Crippen LogP contribution in [-0.4, -0.2) is 119 Å². The number of aryl methyl sites for hydroxylation is 1. The predicted octanol–water partition coefficient (Wildman–Crippen LogP) is -20.4. The Hall–Kier alpha value is -2.32. The number of hydrogen-bond acceptors (Lipinski definition) is 26. The molecule has 32 nitrogen and oxygen atoms in total. The number of amides is 6. The molecule has 0 spiro atoms. The van der Waals surface area contributed by atoms with Crippen molar-refractivity contribution in [2.75, 3.05) is 31.9 Å². The molecular weight excluding hydrogens is 1390 g/mol. The maximum atomic E-state index is 13.6. The SMILES string of the molecule is Cc1cc(S(=O)(=O)[O-])ccc1NC(=O)c1cc(NC(=O)Nc2cc(C(=O)Nc3[c-]c[c-]cc3)cc(C(=O)Nc3ccc(S(=O)(=O)[O-])cc3S(=O)(=O)[O-])c2)cc(C(=O)Nc2[c-]c[c-]cc2)c1.O=S(=O)=O.O=S(=O)=O.O=S(=O)=O.O=S(=O)=O.[Na+].[Na+].[Na+].[Na+].[Na+].[Na+].[Na+]. The number of nitrogens with one attached hydrogen (secondary N) is 6. The maximum Gasteiger partial charge on any atom is 1.00 e. The van der Waals surface area contributed by atoms with Crippen LogP contribution < -0.4 is 239 Å². The molecule has 0 aliphatic rings. The van der Waals surface area contributed by atoms with Crippen LogP contribution in [0.2, 0.25) is 0 Å². The monoisotopic (exact) mass is 1420 g/mol. The molecule has 0 saturated carbocycles. The molecule has 0 atom stereocenters. The minimum Gasteiger partial charge on any atom is -0.744 e. The molecule has 0 aliphatic heterocycles. The molecule has 430 valence electrons. The van der Waals surface area contributed by atoms with E-state index in [0.717, 1.165) is 30.3 Å². The third-order valence-electron chi connectivity index (χ3n) is 8.74. The van der Waals surface area contributed by atoms with E-state index in [0.29, 0.717) is 12.1 Å². The molecule has 6 rings (SSSR count). The van der Waals surface area contributed by atoms with E-state index in [-0.39, 0.29) is 264 Å². The summed E-state index contributed by atoms with van der Waals surface area (Å²) in [6.07, 6.45) is 0. The zero-order valence-corrected chi connectivity index (χ0v) is 66.1. The summed E-state index contributed by atoms with van der Waals surface area (Å²) in [7, 11) is -28.0. The fraction of sp³-hybridized carbons (Fsp3) is 0.0238. The number of anilines is 6. The van der Waals surface area contributed by atoms with Crippen LogP contribution in [0.1, 0.15) is 47.0 Å². The van der Waals surface area contributed by atoms with Gasteiger partial charge in [0, 0.05) is 39.3 Å². The van der Waals surface area contributed by atoms with Crippen LogP contribution in [0.5, 0.6) is 0 Å². The average Bonchev–Trinajstić information content (AvgIpc) is 3.50. The van der Waals surface area contributed by atoms with Gasteiger partial charge in [-0.1, -0.05) is 0 Å². The molecule has 6 amide bonds. The van der Waals surface area contributed by atoms with Crippen LogP contribution >= 0.6 is 0 Å². The Kier molecular flexibility index (Phi) is 51.4. The van der Waals surface area contributed by atoms with Gasteiger partial charge >= 0.3 is 255 Å². The quantitative estimate of drug-likeness (QED) is 0.0355. The van der Waals surface area contributed by atoms with Gasteiger partial charge in [-0.2, -0.15) is 11.4 Å². The first-order valence-corrected chi connectivity index (χ1v) is 28.3. The maximum absolute atomic E-state index is 13.6. The number of carbonyl (C=O) groups excluding carboxylic acids is 5. The predicted molar refractivity (Wildman–Crippen MR) is 266 cm³/mol. The second-order valence-electron chi connectivity index (χ2n) is 14.2. The van der Waals surface area contributed by atoms with E-state index in [1.807, 2.05) is 0 Å². The molecule has 0 heterocycles. The Balaban J connectivity index is -0.000000653. The van der Waals surface area contributed by atoms with Crippen molar-refractivity contribution in [2.24, 2.45) is 0 Å². The van der Waals surface area contributed by atoms with Gasteiger partial charge in [0.15, 0.2) is 0 Å². The fourth-order valence-electron chi connectivity index (χ4n) is 5.75. The Morgan fingerprint density at radius 3 is 0.966 bits per heavy atom. The van der Waals surface area contributed by atoms with Crippen molar-refractivity contribution in [3.05, 3.63) is 161 Å². The van der Waals surface area contributed by atoms with Crippen LogP contribution in [0, 0.1) is 31.2 Å². The van der Waals surface area contributed by atoms with Crippen molar-refractivity contribution in [1.29, 1.82) is 0 Å². The standard InChI is InChI=1S/C42H30N6O14S3.7Na.4O3S/c1-24-16-33(63(54,55)56)12-14-35(24)47-40(51)27-17-25(38(49)43-29-8-4-2-5-9-29)19-31(21-27)45-42(53)46-32-20-26(39(50)44-30-10-6-3-7-11-30)18-28(22-32)41(52)48-36-15-13-34(64(57,58)59)23-37(36)65(60,61)62;;;;;;;;4*1-4(2)3/h4-8,10,12-23H,1H3,(H,43,49)(H,44,50)(H,47,51)(H,48,52)(H2,45,46,53)(H,54,55,56)(H,57,58,59)(H,60,61,62);;;;;;;;;;;/q-4;7*+1;;;;/p-3. The van der Waals surface area contributed by atoms with Gasteiger partial charge in [0.1, 0.15) is 30.4 Å². The van der Waals surface area contributed by atoms with Crippen molar-refractivity contribution in [2.45, 2.75) is 21.6 Å². The molecule has 0 unspecified atom stereocenters. The van der Waals surface area contributed by atoms with E-state index >= 15 is 0 Å². The van der Waals surface area contributed by atoms with Gasteiger partial charge in [-0.15, -0.1) is 50.5 Å². The number of benzene rings is 6. The van der Waals surface area contributed by atoms with Crippen LogP contribution in [0.4, 0.5) is 38.9 Å². The number of rotatable bonds is 13. The molecule has 0 saturated heterocycles. The molecule has 0 fully saturated rings.